The Labute approximate surface area is 122 Å². The molecule has 20 heavy (non-hydrogen) atoms. The Morgan fingerprint density at radius 3 is 2.10 bits per heavy atom. The van der Waals surface area contributed by atoms with Gasteiger partial charge in [-0.05, 0) is 13.3 Å². The van der Waals surface area contributed by atoms with Crippen molar-refractivity contribution in [3.63, 3.8) is 0 Å². The van der Waals surface area contributed by atoms with Gasteiger partial charge in [-0.1, -0.05) is 51.9 Å². The summed E-state index contributed by atoms with van der Waals surface area (Å²) in [5.41, 5.74) is 5.47. The summed E-state index contributed by atoms with van der Waals surface area (Å²) >= 11 is 0. The van der Waals surface area contributed by atoms with Gasteiger partial charge in [0.1, 0.15) is 0 Å². The molecule has 0 radical (unpaired) electrons. The standard InChI is InChI=1S/C15H30N2O3/c1-3-5-6-7-8-9-10-11-12-17-14(18)13(16)15(19)20-4-2/h13H,3-12,16H2,1-2H3,(H,17,18). The number of rotatable bonds is 12. The number of esters is 1. The average molecular weight is 286 g/mol. The molecule has 1 amide bonds. The van der Waals surface area contributed by atoms with Gasteiger partial charge < -0.3 is 15.8 Å². The fourth-order valence-electron chi connectivity index (χ4n) is 1.92. The van der Waals surface area contributed by atoms with Gasteiger partial charge in [-0.15, -0.1) is 0 Å². The zero-order valence-electron chi connectivity index (χ0n) is 13.0. The van der Waals surface area contributed by atoms with Crippen LogP contribution in [0.5, 0.6) is 0 Å². The first-order valence-electron chi connectivity index (χ1n) is 7.83. The Morgan fingerprint density at radius 2 is 1.55 bits per heavy atom. The minimum atomic E-state index is -1.20. The van der Waals surface area contributed by atoms with E-state index in [1.807, 2.05) is 0 Å². The molecule has 0 aromatic rings. The summed E-state index contributed by atoms with van der Waals surface area (Å²) in [5.74, 6) is -1.12. The molecule has 1 unspecified atom stereocenters. The van der Waals surface area contributed by atoms with Crippen LogP contribution in [-0.2, 0) is 14.3 Å². The van der Waals surface area contributed by atoms with Crippen molar-refractivity contribution in [2.75, 3.05) is 13.2 Å². The number of carbonyl (C=O) groups excluding carboxylic acids is 2. The van der Waals surface area contributed by atoms with Crippen molar-refractivity contribution in [1.82, 2.24) is 5.32 Å². The maximum atomic E-state index is 11.5. The maximum absolute atomic E-state index is 11.5. The summed E-state index contributed by atoms with van der Waals surface area (Å²) in [6.45, 7) is 4.70. The van der Waals surface area contributed by atoms with Crippen molar-refractivity contribution >= 4 is 11.9 Å². The highest BCUT2D eigenvalue weighted by Crippen LogP contribution is 2.07. The lowest BCUT2D eigenvalue weighted by atomic mass is 10.1. The van der Waals surface area contributed by atoms with E-state index in [9.17, 15) is 9.59 Å². The van der Waals surface area contributed by atoms with Crippen molar-refractivity contribution in [2.24, 2.45) is 5.73 Å². The molecule has 5 nitrogen and oxygen atoms in total. The first-order chi connectivity index (χ1) is 9.63. The average Bonchev–Trinajstić information content (AvgIpc) is 2.44. The smallest absolute Gasteiger partial charge is 0.332 e. The van der Waals surface area contributed by atoms with Gasteiger partial charge in [0.25, 0.3) is 0 Å². The van der Waals surface area contributed by atoms with E-state index >= 15 is 0 Å². The Balaban J connectivity index is 3.45. The van der Waals surface area contributed by atoms with Crippen LogP contribution in [0, 0.1) is 0 Å². The van der Waals surface area contributed by atoms with Crippen LogP contribution in [0.4, 0.5) is 0 Å². The molecule has 5 heteroatoms. The lowest BCUT2D eigenvalue weighted by Gasteiger charge is -2.11. The molecule has 0 fully saturated rings. The van der Waals surface area contributed by atoms with Crippen molar-refractivity contribution < 1.29 is 14.3 Å². The van der Waals surface area contributed by atoms with Crippen LogP contribution >= 0.6 is 0 Å². The van der Waals surface area contributed by atoms with Crippen LogP contribution in [0.2, 0.25) is 0 Å². The summed E-state index contributed by atoms with van der Waals surface area (Å²) in [4.78, 5) is 22.8. The molecule has 0 aliphatic rings. The Morgan fingerprint density at radius 1 is 1.00 bits per heavy atom. The molecule has 0 bridgehead atoms. The van der Waals surface area contributed by atoms with Crippen molar-refractivity contribution in [3.05, 3.63) is 0 Å². The fraction of sp³-hybridized carbons (Fsp3) is 0.867. The van der Waals surface area contributed by atoms with Crippen molar-refractivity contribution in [2.45, 2.75) is 71.3 Å². The number of amides is 1. The molecule has 0 heterocycles. The minimum absolute atomic E-state index is 0.234. The van der Waals surface area contributed by atoms with E-state index in [1.165, 1.54) is 38.5 Å². The van der Waals surface area contributed by atoms with E-state index in [0.717, 1.165) is 12.8 Å². The highest BCUT2D eigenvalue weighted by atomic mass is 16.5. The van der Waals surface area contributed by atoms with E-state index in [-0.39, 0.29) is 6.61 Å². The molecule has 0 aromatic carbocycles. The first kappa shape index (κ1) is 18.9. The predicted molar refractivity (Wildman–Crippen MR) is 80.2 cm³/mol. The number of carbonyl (C=O) groups is 2. The molecule has 0 rings (SSSR count). The maximum Gasteiger partial charge on any atom is 0.332 e. The zero-order valence-corrected chi connectivity index (χ0v) is 13.0. The molecule has 0 saturated carbocycles. The SMILES string of the molecule is CCCCCCCCCCNC(=O)C(N)C(=O)OCC. The third-order valence-corrected chi connectivity index (χ3v) is 3.15. The molecular formula is C15H30N2O3. The van der Waals surface area contributed by atoms with Gasteiger partial charge >= 0.3 is 5.97 Å². The molecule has 1 atom stereocenters. The van der Waals surface area contributed by atoms with E-state index in [2.05, 4.69) is 12.2 Å². The van der Waals surface area contributed by atoms with Crippen molar-refractivity contribution in [1.29, 1.82) is 0 Å². The van der Waals surface area contributed by atoms with Gasteiger partial charge in [0.05, 0.1) is 6.61 Å². The quantitative estimate of drug-likeness (QED) is 0.327. The molecule has 0 saturated heterocycles. The summed E-state index contributed by atoms with van der Waals surface area (Å²) in [7, 11) is 0. The Hall–Kier alpha value is -1.10. The third-order valence-electron chi connectivity index (χ3n) is 3.15. The van der Waals surface area contributed by atoms with Gasteiger partial charge in [-0.2, -0.15) is 0 Å². The summed E-state index contributed by atoms with van der Waals surface area (Å²) in [5, 5.41) is 2.67. The fourth-order valence-corrected chi connectivity index (χ4v) is 1.92. The Bertz CT molecular complexity index is 270. The molecule has 0 aliphatic heterocycles. The van der Waals surface area contributed by atoms with E-state index in [4.69, 9.17) is 10.5 Å². The summed E-state index contributed by atoms with van der Waals surface area (Å²) < 4.78 is 4.69. The monoisotopic (exact) mass is 286 g/mol. The number of unbranched alkanes of at least 4 members (excludes halogenated alkanes) is 7. The second kappa shape index (κ2) is 12.9. The molecule has 118 valence electrons. The van der Waals surface area contributed by atoms with Gasteiger partial charge in [0, 0.05) is 6.54 Å². The number of nitrogens with two attached hydrogens (primary N) is 1. The van der Waals surface area contributed by atoms with Crippen LogP contribution in [0.15, 0.2) is 0 Å². The lowest BCUT2D eigenvalue weighted by molar-refractivity contribution is -0.147. The number of hydrogen-bond acceptors (Lipinski definition) is 4. The second-order valence-electron chi connectivity index (χ2n) is 5.00. The van der Waals surface area contributed by atoms with E-state index < -0.39 is 17.9 Å². The Kier molecular flexibility index (Phi) is 12.2. The highest BCUT2D eigenvalue weighted by molar-refractivity contribution is 6.01. The molecular weight excluding hydrogens is 256 g/mol. The molecule has 0 aromatic heterocycles. The largest absolute Gasteiger partial charge is 0.464 e. The van der Waals surface area contributed by atoms with Crippen LogP contribution in [0.25, 0.3) is 0 Å². The summed E-state index contributed by atoms with van der Waals surface area (Å²) in [6, 6.07) is -1.20. The number of nitrogens with one attached hydrogen (secondary N) is 1. The van der Waals surface area contributed by atoms with Gasteiger partial charge in [-0.3, -0.25) is 4.79 Å². The summed E-state index contributed by atoms with van der Waals surface area (Å²) in [6.07, 6.45) is 9.69. The van der Waals surface area contributed by atoms with Crippen molar-refractivity contribution in [3.8, 4) is 0 Å². The third kappa shape index (κ3) is 9.78. The van der Waals surface area contributed by atoms with Gasteiger partial charge in [-0.25, -0.2) is 4.79 Å². The minimum Gasteiger partial charge on any atom is -0.464 e. The highest BCUT2D eigenvalue weighted by Gasteiger charge is 2.22. The van der Waals surface area contributed by atoms with Gasteiger partial charge in [0.2, 0.25) is 5.91 Å². The van der Waals surface area contributed by atoms with Crippen LogP contribution in [0.3, 0.4) is 0 Å². The second-order valence-corrected chi connectivity index (χ2v) is 5.00. The molecule has 0 spiro atoms. The zero-order chi connectivity index (χ0) is 15.2. The topological polar surface area (TPSA) is 81.4 Å². The molecule has 0 aliphatic carbocycles. The van der Waals surface area contributed by atoms with E-state index in [1.54, 1.807) is 6.92 Å². The van der Waals surface area contributed by atoms with Crippen LogP contribution < -0.4 is 11.1 Å². The normalized spacial score (nSPS) is 11.9. The number of ether oxygens (including phenoxy) is 1. The van der Waals surface area contributed by atoms with E-state index in [0.29, 0.717) is 6.54 Å². The lowest BCUT2D eigenvalue weighted by Crippen LogP contribution is -2.47. The van der Waals surface area contributed by atoms with Crippen LogP contribution in [0.1, 0.15) is 65.2 Å². The first-order valence-corrected chi connectivity index (χ1v) is 7.83. The van der Waals surface area contributed by atoms with Crippen LogP contribution in [-0.4, -0.2) is 31.1 Å². The van der Waals surface area contributed by atoms with Gasteiger partial charge in [0.15, 0.2) is 6.04 Å². The molecule has 3 N–H and O–H groups in total. The predicted octanol–water partition coefficient (Wildman–Crippen LogP) is 2.13. The number of hydrogen-bond donors (Lipinski definition) is 2.